The maximum atomic E-state index is 12.9. The van der Waals surface area contributed by atoms with Crippen molar-refractivity contribution in [1.82, 2.24) is 4.98 Å². The monoisotopic (exact) mass is 254 g/mol. The van der Waals surface area contributed by atoms with Crippen molar-refractivity contribution in [3.63, 3.8) is 0 Å². The summed E-state index contributed by atoms with van der Waals surface area (Å²) >= 11 is 0. The van der Waals surface area contributed by atoms with Gasteiger partial charge in [-0.05, 0) is 30.9 Å². The van der Waals surface area contributed by atoms with Gasteiger partial charge in [0.1, 0.15) is 0 Å². The van der Waals surface area contributed by atoms with Gasteiger partial charge in [0.15, 0.2) is 0 Å². The lowest BCUT2D eigenvalue weighted by Crippen LogP contribution is -2.16. The molecule has 1 atom stereocenters. The Hall–Kier alpha value is -1.49. The summed E-state index contributed by atoms with van der Waals surface area (Å²) < 4.78 is 38.8. The average molecular weight is 254 g/mol. The highest BCUT2D eigenvalue weighted by Gasteiger charge is 2.34. The molecule has 0 saturated carbocycles. The van der Waals surface area contributed by atoms with Gasteiger partial charge in [-0.2, -0.15) is 13.2 Å². The molecule has 0 radical (unpaired) electrons. The second kappa shape index (κ2) is 3.75. The summed E-state index contributed by atoms with van der Waals surface area (Å²) in [5, 5.41) is 0.662. The molecule has 2 nitrogen and oxygen atoms in total. The van der Waals surface area contributed by atoms with Crippen molar-refractivity contribution in [3.8, 4) is 0 Å². The van der Waals surface area contributed by atoms with Crippen molar-refractivity contribution in [2.24, 2.45) is 5.73 Å². The summed E-state index contributed by atoms with van der Waals surface area (Å²) in [7, 11) is 0. The topological polar surface area (TPSA) is 41.8 Å². The Morgan fingerprint density at radius 1 is 1.28 bits per heavy atom. The molecule has 0 amide bonds. The minimum atomic E-state index is -4.34. The number of aromatic nitrogens is 1. The Balaban J connectivity index is 2.31. The first-order valence-corrected chi connectivity index (χ1v) is 5.94. The number of para-hydroxylation sites is 1. The number of halogens is 3. The summed E-state index contributed by atoms with van der Waals surface area (Å²) in [5.41, 5.74) is 7.25. The second-order valence-corrected chi connectivity index (χ2v) is 4.74. The minimum Gasteiger partial charge on any atom is -0.356 e. The Bertz CT molecular complexity index is 598. The van der Waals surface area contributed by atoms with Gasteiger partial charge < -0.3 is 10.7 Å². The van der Waals surface area contributed by atoms with E-state index >= 15 is 0 Å². The molecule has 1 aromatic heterocycles. The largest absolute Gasteiger partial charge is 0.418 e. The fourth-order valence-corrected chi connectivity index (χ4v) is 2.76. The van der Waals surface area contributed by atoms with Crippen LogP contribution in [-0.2, 0) is 12.6 Å². The zero-order valence-electron chi connectivity index (χ0n) is 9.64. The molecule has 0 aliphatic heterocycles. The van der Waals surface area contributed by atoms with Crippen LogP contribution in [0.1, 0.15) is 35.7 Å². The van der Waals surface area contributed by atoms with Crippen LogP contribution >= 0.6 is 0 Å². The van der Waals surface area contributed by atoms with Gasteiger partial charge in [-0.1, -0.05) is 12.1 Å². The number of H-pyrrole nitrogens is 1. The number of fused-ring (bicyclic) bond motifs is 3. The fourth-order valence-electron chi connectivity index (χ4n) is 2.76. The van der Waals surface area contributed by atoms with Gasteiger partial charge in [0.25, 0.3) is 0 Å². The van der Waals surface area contributed by atoms with Crippen LogP contribution in [0.25, 0.3) is 10.9 Å². The molecule has 0 spiro atoms. The smallest absolute Gasteiger partial charge is 0.356 e. The lowest BCUT2D eigenvalue weighted by atomic mass is 9.92. The van der Waals surface area contributed by atoms with Crippen LogP contribution < -0.4 is 5.73 Å². The number of hydrogen-bond acceptors (Lipinski definition) is 1. The van der Waals surface area contributed by atoms with E-state index in [-0.39, 0.29) is 11.6 Å². The quantitative estimate of drug-likeness (QED) is 0.742. The number of nitrogens with one attached hydrogen (secondary N) is 1. The highest BCUT2D eigenvalue weighted by Crippen LogP contribution is 2.39. The zero-order chi connectivity index (χ0) is 12.9. The van der Waals surface area contributed by atoms with E-state index in [1.165, 1.54) is 6.07 Å². The molecule has 1 heterocycles. The number of aryl methyl sites for hydroxylation is 1. The van der Waals surface area contributed by atoms with Crippen molar-refractivity contribution >= 4 is 10.9 Å². The minimum absolute atomic E-state index is 0.173. The van der Waals surface area contributed by atoms with Crippen molar-refractivity contribution < 1.29 is 13.2 Å². The molecule has 5 heteroatoms. The normalized spacial score (nSPS) is 20.1. The van der Waals surface area contributed by atoms with Crippen LogP contribution in [0.3, 0.4) is 0 Å². The molecule has 0 bridgehead atoms. The summed E-state index contributed by atoms with van der Waals surface area (Å²) in [6, 6.07) is 4.12. The first-order valence-electron chi connectivity index (χ1n) is 5.94. The Kier molecular flexibility index (Phi) is 2.41. The van der Waals surface area contributed by atoms with E-state index in [2.05, 4.69) is 4.98 Å². The molecule has 1 unspecified atom stereocenters. The fraction of sp³-hybridized carbons (Fsp3) is 0.385. The van der Waals surface area contributed by atoms with Gasteiger partial charge in [-0.3, -0.25) is 0 Å². The molecular formula is C13H13F3N2. The maximum Gasteiger partial charge on any atom is 0.418 e. The molecule has 0 fully saturated rings. The van der Waals surface area contributed by atoms with Crippen LogP contribution in [0.5, 0.6) is 0 Å². The van der Waals surface area contributed by atoms with E-state index in [9.17, 15) is 13.2 Å². The molecule has 96 valence electrons. The third-order valence-corrected chi connectivity index (χ3v) is 3.59. The van der Waals surface area contributed by atoms with Crippen LogP contribution in [0.15, 0.2) is 18.2 Å². The number of benzene rings is 1. The van der Waals surface area contributed by atoms with Crippen LogP contribution in [-0.4, -0.2) is 4.98 Å². The number of alkyl halides is 3. The van der Waals surface area contributed by atoms with E-state index in [1.807, 2.05) is 0 Å². The van der Waals surface area contributed by atoms with E-state index in [1.54, 1.807) is 6.07 Å². The third-order valence-electron chi connectivity index (χ3n) is 3.59. The van der Waals surface area contributed by atoms with Crippen LogP contribution in [0, 0.1) is 0 Å². The summed E-state index contributed by atoms with van der Waals surface area (Å²) in [6.45, 7) is 0. The van der Waals surface area contributed by atoms with Crippen molar-refractivity contribution in [1.29, 1.82) is 0 Å². The maximum absolute atomic E-state index is 12.9. The molecule has 2 aromatic rings. The molecule has 18 heavy (non-hydrogen) atoms. The molecule has 1 aliphatic rings. The van der Waals surface area contributed by atoms with Crippen molar-refractivity contribution in [2.75, 3.05) is 0 Å². The summed E-state index contributed by atoms with van der Waals surface area (Å²) in [6.07, 6.45) is -1.79. The standard InChI is InChI=1S/C13H13F3N2/c14-13(15,16)9-5-1-3-7-8-4-2-6-10(17)12(8)18-11(7)9/h1,3,5,10,18H,2,4,6,17H2. The van der Waals surface area contributed by atoms with Gasteiger partial charge in [0, 0.05) is 17.1 Å². The van der Waals surface area contributed by atoms with Gasteiger partial charge in [0.05, 0.1) is 11.1 Å². The Labute approximate surface area is 102 Å². The molecule has 1 aliphatic carbocycles. The van der Waals surface area contributed by atoms with Gasteiger partial charge in [0.2, 0.25) is 0 Å². The van der Waals surface area contributed by atoms with Gasteiger partial charge >= 0.3 is 6.18 Å². The first kappa shape index (κ1) is 11.6. The summed E-state index contributed by atoms with van der Waals surface area (Å²) in [4.78, 5) is 2.90. The highest BCUT2D eigenvalue weighted by molar-refractivity contribution is 5.88. The second-order valence-electron chi connectivity index (χ2n) is 4.74. The van der Waals surface area contributed by atoms with E-state index in [0.29, 0.717) is 5.39 Å². The molecular weight excluding hydrogens is 241 g/mol. The molecule has 3 rings (SSSR count). The van der Waals surface area contributed by atoms with Crippen molar-refractivity contribution in [2.45, 2.75) is 31.5 Å². The predicted molar refractivity (Wildman–Crippen MR) is 63.2 cm³/mol. The zero-order valence-corrected chi connectivity index (χ0v) is 9.64. The molecule has 3 N–H and O–H groups in total. The van der Waals surface area contributed by atoms with Crippen LogP contribution in [0.4, 0.5) is 13.2 Å². The van der Waals surface area contributed by atoms with Gasteiger partial charge in [-0.15, -0.1) is 0 Å². The Morgan fingerprint density at radius 3 is 2.78 bits per heavy atom. The number of hydrogen-bond donors (Lipinski definition) is 2. The van der Waals surface area contributed by atoms with Gasteiger partial charge in [-0.25, -0.2) is 0 Å². The molecule has 1 aromatic carbocycles. The number of rotatable bonds is 0. The van der Waals surface area contributed by atoms with Crippen LogP contribution in [0.2, 0.25) is 0 Å². The summed E-state index contributed by atoms with van der Waals surface area (Å²) in [5.74, 6) is 0. The number of aromatic amines is 1. The SMILES string of the molecule is NC1CCCc2c1[nH]c1c(C(F)(F)F)cccc21. The Morgan fingerprint density at radius 2 is 2.06 bits per heavy atom. The highest BCUT2D eigenvalue weighted by atomic mass is 19.4. The lowest BCUT2D eigenvalue weighted by Gasteiger charge is -2.18. The van der Waals surface area contributed by atoms with E-state index < -0.39 is 11.7 Å². The lowest BCUT2D eigenvalue weighted by molar-refractivity contribution is -0.136. The number of nitrogens with two attached hydrogens (primary N) is 1. The average Bonchev–Trinajstić information content (AvgIpc) is 2.68. The third kappa shape index (κ3) is 1.61. The molecule has 0 saturated heterocycles. The first-order chi connectivity index (χ1) is 8.48. The van der Waals surface area contributed by atoms with Crippen molar-refractivity contribution in [3.05, 3.63) is 35.0 Å². The predicted octanol–water partition coefficient (Wildman–Crippen LogP) is 3.52. The van der Waals surface area contributed by atoms with E-state index in [4.69, 9.17) is 5.73 Å². The van der Waals surface area contributed by atoms with E-state index in [0.717, 1.165) is 36.6 Å².